The van der Waals surface area contributed by atoms with Gasteiger partial charge in [0.25, 0.3) is 0 Å². The van der Waals surface area contributed by atoms with Crippen molar-refractivity contribution in [3.63, 3.8) is 0 Å². The van der Waals surface area contributed by atoms with Crippen LogP contribution in [0.25, 0.3) is 0 Å². The summed E-state index contributed by atoms with van der Waals surface area (Å²) in [7, 11) is 1.72. The minimum atomic E-state index is -0.583. The van der Waals surface area contributed by atoms with Crippen molar-refractivity contribution in [1.29, 1.82) is 0 Å². The third-order valence-electron chi connectivity index (χ3n) is 6.00. The Bertz CT molecular complexity index is 330. The van der Waals surface area contributed by atoms with E-state index in [-0.39, 0.29) is 11.0 Å². The lowest BCUT2D eigenvalue weighted by Gasteiger charge is -2.64. The summed E-state index contributed by atoms with van der Waals surface area (Å²) < 4.78 is 11.4. The summed E-state index contributed by atoms with van der Waals surface area (Å²) in [5.74, 6) is 1.52. The predicted molar refractivity (Wildman–Crippen MR) is 74.0 cm³/mol. The van der Waals surface area contributed by atoms with Crippen LogP contribution in [0.3, 0.4) is 0 Å². The summed E-state index contributed by atoms with van der Waals surface area (Å²) in [6.45, 7) is 5.37. The molecule has 110 valence electrons. The Morgan fingerprint density at radius 1 is 1.11 bits per heavy atom. The van der Waals surface area contributed by atoms with Gasteiger partial charge in [0, 0.05) is 12.5 Å². The van der Waals surface area contributed by atoms with Crippen molar-refractivity contribution >= 4 is 0 Å². The standard InChI is InChI=1S/C16H28O3/c1-14(2,17)15-7-12-6-13(8-15)10-16(9-12,11-15)19-5-4-18-3/h12-13,17H,4-11H2,1-3H3. The van der Waals surface area contributed by atoms with Crippen LogP contribution in [0.1, 0.15) is 52.4 Å². The molecule has 2 atom stereocenters. The summed E-state index contributed by atoms with van der Waals surface area (Å²) >= 11 is 0. The number of aliphatic hydroxyl groups is 1. The molecule has 1 N–H and O–H groups in total. The maximum atomic E-state index is 10.7. The number of methoxy groups -OCH3 is 1. The first-order valence-electron chi connectivity index (χ1n) is 7.73. The first-order valence-corrected chi connectivity index (χ1v) is 7.73. The number of ether oxygens (including phenoxy) is 2. The van der Waals surface area contributed by atoms with E-state index in [1.54, 1.807) is 7.11 Å². The predicted octanol–water partition coefficient (Wildman–Crippen LogP) is 2.76. The van der Waals surface area contributed by atoms with Gasteiger partial charge in [-0.2, -0.15) is 0 Å². The van der Waals surface area contributed by atoms with Crippen molar-refractivity contribution in [3.05, 3.63) is 0 Å². The normalized spacial score (nSPS) is 44.8. The molecule has 4 aliphatic carbocycles. The zero-order valence-corrected chi connectivity index (χ0v) is 12.6. The fraction of sp³-hybridized carbons (Fsp3) is 1.00. The molecule has 0 aliphatic heterocycles. The van der Waals surface area contributed by atoms with Gasteiger partial charge in [-0.15, -0.1) is 0 Å². The van der Waals surface area contributed by atoms with E-state index in [9.17, 15) is 5.11 Å². The Balaban J connectivity index is 1.81. The Kier molecular flexibility index (Phi) is 3.23. The van der Waals surface area contributed by atoms with Crippen molar-refractivity contribution in [2.24, 2.45) is 17.3 Å². The van der Waals surface area contributed by atoms with Gasteiger partial charge in [-0.3, -0.25) is 0 Å². The quantitative estimate of drug-likeness (QED) is 0.779. The van der Waals surface area contributed by atoms with E-state index in [4.69, 9.17) is 9.47 Å². The minimum Gasteiger partial charge on any atom is -0.390 e. The molecule has 0 amide bonds. The summed E-state index contributed by atoms with van der Waals surface area (Å²) in [5, 5.41) is 10.7. The first kappa shape index (κ1) is 13.8. The van der Waals surface area contributed by atoms with Gasteiger partial charge >= 0.3 is 0 Å². The number of rotatable bonds is 5. The fourth-order valence-electron chi connectivity index (χ4n) is 5.40. The van der Waals surface area contributed by atoms with Gasteiger partial charge in [-0.1, -0.05) is 0 Å². The maximum Gasteiger partial charge on any atom is 0.0707 e. The van der Waals surface area contributed by atoms with E-state index in [0.29, 0.717) is 13.2 Å². The molecule has 3 heteroatoms. The zero-order chi connectivity index (χ0) is 13.7. The topological polar surface area (TPSA) is 38.7 Å². The summed E-state index contributed by atoms with van der Waals surface area (Å²) in [6, 6.07) is 0. The highest BCUT2D eigenvalue weighted by molar-refractivity contribution is 5.13. The highest BCUT2D eigenvalue weighted by Gasteiger charge is 2.62. The third kappa shape index (κ3) is 2.24. The van der Waals surface area contributed by atoms with Crippen LogP contribution in [0, 0.1) is 17.3 Å². The second-order valence-corrected chi connectivity index (χ2v) is 7.82. The molecule has 3 nitrogen and oxygen atoms in total. The monoisotopic (exact) mass is 268 g/mol. The Morgan fingerprint density at radius 2 is 1.74 bits per heavy atom. The smallest absolute Gasteiger partial charge is 0.0707 e. The number of hydrogen-bond donors (Lipinski definition) is 1. The summed E-state index contributed by atoms with van der Waals surface area (Å²) in [5.41, 5.74) is -0.465. The summed E-state index contributed by atoms with van der Waals surface area (Å²) in [6.07, 6.45) is 7.19. The second kappa shape index (κ2) is 4.44. The van der Waals surface area contributed by atoms with Crippen LogP contribution in [-0.2, 0) is 9.47 Å². The van der Waals surface area contributed by atoms with E-state index >= 15 is 0 Å². The van der Waals surface area contributed by atoms with Gasteiger partial charge in [0.1, 0.15) is 0 Å². The van der Waals surface area contributed by atoms with Gasteiger partial charge in [-0.05, 0) is 64.2 Å². The van der Waals surface area contributed by atoms with Crippen LogP contribution in [0.4, 0.5) is 0 Å². The molecule has 4 saturated carbocycles. The summed E-state index contributed by atoms with van der Waals surface area (Å²) in [4.78, 5) is 0. The number of hydrogen-bond acceptors (Lipinski definition) is 3. The minimum absolute atomic E-state index is 0.0304. The van der Waals surface area contributed by atoms with Gasteiger partial charge in [0.15, 0.2) is 0 Å². The molecule has 0 saturated heterocycles. The SMILES string of the molecule is COCCOC12CC3CC(C1)CC(C(C)(C)O)(C3)C2. The van der Waals surface area contributed by atoms with E-state index < -0.39 is 5.60 Å². The average Bonchev–Trinajstić information content (AvgIpc) is 2.25. The highest BCUT2D eigenvalue weighted by Crippen LogP contribution is 2.65. The third-order valence-corrected chi connectivity index (χ3v) is 6.00. The molecule has 0 aromatic carbocycles. The first-order chi connectivity index (χ1) is 8.88. The second-order valence-electron chi connectivity index (χ2n) is 7.82. The van der Waals surface area contributed by atoms with Crippen LogP contribution in [-0.4, -0.2) is 36.6 Å². The van der Waals surface area contributed by atoms with Crippen LogP contribution in [0.15, 0.2) is 0 Å². The molecule has 0 heterocycles. The molecule has 4 fully saturated rings. The molecule has 0 radical (unpaired) electrons. The lowest BCUT2D eigenvalue weighted by atomic mass is 9.44. The van der Waals surface area contributed by atoms with E-state index in [2.05, 4.69) is 0 Å². The maximum absolute atomic E-state index is 10.7. The molecule has 0 aromatic heterocycles. The highest BCUT2D eigenvalue weighted by atomic mass is 16.5. The molecule has 19 heavy (non-hydrogen) atoms. The van der Waals surface area contributed by atoms with Crippen LogP contribution in [0.5, 0.6) is 0 Å². The van der Waals surface area contributed by atoms with Crippen molar-refractivity contribution in [2.75, 3.05) is 20.3 Å². The van der Waals surface area contributed by atoms with Crippen LogP contribution in [0.2, 0.25) is 0 Å². The van der Waals surface area contributed by atoms with Crippen molar-refractivity contribution in [1.82, 2.24) is 0 Å². The van der Waals surface area contributed by atoms with Gasteiger partial charge in [0.05, 0.1) is 24.4 Å². The zero-order valence-electron chi connectivity index (χ0n) is 12.6. The molecular formula is C16H28O3. The van der Waals surface area contributed by atoms with Gasteiger partial charge < -0.3 is 14.6 Å². The van der Waals surface area contributed by atoms with Crippen LogP contribution < -0.4 is 0 Å². The lowest BCUT2D eigenvalue weighted by molar-refractivity contribution is -0.238. The largest absolute Gasteiger partial charge is 0.390 e. The van der Waals surface area contributed by atoms with E-state index in [0.717, 1.165) is 18.3 Å². The molecule has 4 rings (SSSR count). The van der Waals surface area contributed by atoms with Crippen LogP contribution >= 0.6 is 0 Å². The molecular weight excluding hydrogens is 240 g/mol. The Hall–Kier alpha value is -0.120. The van der Waals surface area contributed by atoms with Gasteiger partial charge in [-0.25, -0.2) is 0 Å². The molecule has 0 aromatic rings. The molecule has 0 spiro atoms. The fourth-order valence-corrected chi connectivity index (χ4v) is 5.40. The Morgan fingerprint density at radius 3 is 2.26 bits per heavy atom. The van der Waals surface area contributed by atoms with Crippen molar-refractivity contribution < 1.29 is 14.6 Å². The van der Waals surface area contributed by atoms with Crippen molar-refractivity contribution in [2.45, 2.75) is 63.6 Å². The molecule has 4 aliphatic rings. The Labute approximate surface area is 116 Å². The molecule has 4 bridgehead atoms. The van der Waals surface area contributed by atoms with E-state index in [1.165, 1.54) is 32.1 Å². The van der Waals surface area contributed by atoms with E-state index in [1.807, 2.05) is 13.8 Å². The van der Waals surface area contributed by atoms with Gasteiger partial charge in [0.2, 0.25) is 0 Å². The van der Waals surface area contributed by atoms with Crippen molar-refractivity contribution in [3.8, 4) is 0 Å². The average molecular weight is 268 g/mol. The lowest BCUT2D eigenvalue weighted by Crippen LogP contribution is -2.63. The molecule has 2 unspecified atom stereocenters.